The van der Waals surface area contributed by atoms with Crippen LogP contribution < -0.4 is 5.32 Å². The molecule has 0 aliphatic carbocycles. The van der Waals surface area contributed by atoms with Crippen LogP contribution in [-0.2, 0) is 29.7 Å². The molecule has 34 heavy (non-hydrogen) atoms. The van der Waals surface area contributed by atoms with Crippen LogP contribution in [0.4, 0.5) is 4.79 Å². The number of aromatic nitrogens is 1. The van der Waals surface area contributed by atoms with E-state index in [1.165, 1.54) is 23.3 Å². The molecule has 0 fully saturated rings. The van der Waals surface area contributed by atoms with E-state index in [9.17, 15) is 14.2 Å². The minimum Gasteiger partial charge on any atom is -0.467 e. The molecule has 196 valence electrons. The van der Waals surface area contributed by atoms with Gasteiger partial charge in [0.05, 0.1) is 43.7 Å². The molecule has 0 saturated heterocycles. The smallest absolute Gasteiger partial charge is 0.331 e. The maximum absolute atomic E-state index is 13.3. The lowest BCUT2D eigenvalue weighted by Crippen LogP contribution is -2.49. The molecule has 0 saturated carbocycles. The second kappa shape index (κ2) is 15.5. The number of hydrogen-bond donors (Lipinski definition) is 1. The Hall–Kier alpha value is -1.48. The molecule has 0 aromatic carbocycles. The van der Waals surface area contributed by atoms with E-state index in [1.54, 1.807) is 7.05 Å². The van der Waals surface area contributed by atoms with Crippen molar-refractivity contribution < 1.29 is 27.9 Å². The molecule has 0 radical (unpaired) electrons. The standard InChI is InChI=1S/C23H42N3O6PS/c1-8-10-12-31-33(29,32-13-11-9-2)15-18(5)21-24-19(16-34-21)14-26(6)23(28)25-20(17(3)4)22(27)30-7/h16-18,20H,8-15H2,1-7H3,(H,25,28)/t18?,20-/m0/s1. The number of rotatable bonds is 16. The number of esters is 1. The van der Waals surface area contributed by atoms with Crippen molar-refractivity contribution in [3.05, 3.63) is 16.1 Å². The quantitative estimate of drug-likeness (QED) is 0.177. The number of methoxy groups -OCH3 is 1. The Bertz CT molecular complexity index is 789. The predicted octanol–water partition coefficient (Wildman–Crippen LogP) is 5.41. The Morgan fingerprint density at radius 1 is 1.15 bits per heavy atom. The number of carbonyl (C=O) groups is 2. The second-order valence-corrected chi connectivity index (χ2v) is 11.8. The molecule has 0 aliphatic heterocycles. The summed E-state index contributed by atoms with van der Waals surface area (Å²) in [5.41, 5.74) is 0.720. The zero-order valence-electron chi connectivity index (χ0n) is 21.7. The number of amides is 2. The fourth-order valence-corrected chi connectivity index (χ4v) is 5.99. The lowest BCUT2D eigenvalue weighted by Gasteiger charge is -2.24. The Balaban J connectivity index is 2.77. The molecule has 1 rings (SSSR count). The molecule has 0 aliphatic rings. The first kappa shape index (κ1) is 30.6. The summed E-state index contributed by atoms with van der Waals surface area (Å²) in [7, 11) is -0.282. The fraction of sp³-hybridized carbons (Fsp3) is 0.783. The third-order valence-electron chi connectivity index (χ3n) is 5.21. The van der Waals surface area contributed by atoms with Crippen LogP contribution in [0.2, 0.25) is 0 Å². The molecular weight excluding hydrogens is 477 g/mol. The SMILES string of the molecule is CCCCOP(=O)(CC(C)c1nc(CN(C)C(=O)N[C@H](C(=O)OC)C(C)C)cs1)OCCCC. The second-order valence-electron chi connectivity index (χ2n) is 8.80. The average molecular weight is 520 g/mol. The molecule has 1 aromatic rings. The maximum atomic E-state index is 13.3. The molecule has 9 nitrogen and oxygen atoms in total. The molecule has 1 aromatic heterocycles. The number of urea groups is 1. The molecule has 2 atom stereocenters. The third-order valence-corrected chi connectivity index (χ3v) is 8.48. The summed E-state index contributed by atoms with van der Waals surface area (Å²) in [5.74, 6) is -0.698. The van der Waals surface area contributed by atoms with E-state index >= 15 is 0 Å². The summed E-state index contributed by atoms with van der Waals surface area (Å²) in [6.45, 7) is 10.9. The van der Waals surface area contributed by atoms with Gasteiger partial charge in [0.1, 0.15) is 6.04 Å². The van der Waals surface area contributed by atoms with Gasteiger partial charge in [-0.3, -0.25) is 4.57 Å². The number of nitrogens with one attached hydrogen (secondary N) is 1. The first-order chi connectivity index (χ1) is 16.1. The van der Waals surface area contributed by atoms with E-state index in [4.69, 9.17) is 13.8 Å². The van der Waals surface area contributed by atoms with Crippen LogP contribution in [0.1, 0.15) is 76.9 Å². The minimum absolute atomic E-state index is 0.105. The van der Waals surface area contributed by atoms with Gasteiger partial charge < -0.3 is 24.0 Å². The number of unbranched alkanes of at least 4 members (excludes halogenated alkanes) is 2. The van der Waals surface area contributed by atoms with E-state index in [-0.39, 0.29) is 30.6 Å². The number of nitrogens with zero attached hydrogens (tertiary/aromatic N) is 2. The van der Waals surface area contributed by atoms with Crippen molar-refractivity contribution in [1.29, 1.82) is 0 Å². The van der Waals surface area contributed by atoms with E-state index in [0.29, 0.717) is 13.2 Å². The minimum atomic E-state index is -3.22. The largest absolute Gasteiger partial charge is 0.467 e. The Labute approximate surface area is 208 Å². The summed E-state index contributed by atoms with van der Waals surface area (Å²) in [4.78, 5) is 30.6. The van der Waals surface area contributed by atoms with Gasteiger partial charge in [-0.15, -0.1) is 11.3 Å². The highest BCUT2D eigenvalue weighted by Crippen LogP contribution is 2.51. The zero-order valence-corrected chi connectivity index (χ0v) is 23.4. The lowest BCUT2D eigenvalue weighted by atomic mass is 10.1. The Morgan fingerprint density at radius 3 is 2.24 bits per heavy atom. The monoisotopic (exact) mass is 519 g/mol. The van der Waals surface area contributed by atoms with Crippen LogP contribution >= 0.6 is 18.9 Å². The van der Waals surface area contributed by atoms with Crippen molar-refractivity contribution in [2.45, 2.75) is 78.8 Å². The molecule has 11 heteroatoms. The topological polar surface area (TPSA) is 107 Å². The van der Waals surface area contributed by atoms with Gasteiger partial charge in [-0.05, 0) is 18.8 Å². The number of ether oxygens (including phenoxy) is 1. The number of hydrogen-bond acceptors (Lipinski definition) is 8. The van der Waals surface area contributed by atoms with Gasteiger partial charge in [0.25, 0.3) is 0 Å². The molecular formula is C23H42N3O6PS. The van der Waals surface area contributed by atoms with Crippen LogP contribution in [0.5, 0.6) is 0 Å². The van der Waals surface area contributed by atoms with E-state index in [0.717, 1.165) is 36.4 Å². The highest BCUT2D eigenvalue weighted by molar-refractivity contribution is 7.53. The van der Waals surface area contributed by atoms with Gasteiger partial charge in [0, 0.05) is 18.3 Å². The van der Waals surface area contributed by atoms with E-state index < -0.39 is 19.6 Å². The van der Waals surface area contributed by atoms with Crippen LogP contribution in [-0.4, -0.2) is 61.5 Å². The van der Waals surface area contributed by atoms with Gasteiger partial charge >= 0.3 is 19.6 Å². The molecule has 0 spiro atoms. The van der Waals surface area contributed by atoms with Crippen molar-refractivity contribution in [3.63, 3.8) is 0 Å². The van der Waals surface area contributed by atoms with Crippen LogP contribution in [0, 0.1) is 5.92 Å². The molecule has 1 heterocycles. The normalized spacial score (nSPS) is 13.5. The fourth-order valence-electron chi connectivity index (χ4n) is 3.06. The average Bonchev–Trinajstić information content (AvgIpc) is 3.25. The highest BCUT2D eigenvalue weighted by atomic mass is 32.1. The van der Waals surface area contributed by atoms with Crippen LogP contribution in [0.25, 0.3) is 0 Å². The summed E-state index contributed by atoms with van der Waals surface area (Å²) >= 11 is 1.46. The Morgan fingerprint density at radius 2 is 1.74 bits per heavy atom. The summed E-state index contributed by atoms with van der Waals surface area (Å²) in [5, 5.41) is 5.42. The first-order valence-corrected chi connectivity index (χ1v) is 14.6. The molecule has 0 bridgehead atoms. The molecule has 2 amide bonds. The maximum Gasteiger partial charge on any atom is 0.331 e. The van der Waals surface area contributed by atoms with Crippen molar-refractivity contribution in [1.82, 2.24) is 15.2 Å². The first-order valence-electron chi connectivity index (χ1n) is 12.0. The van der Waals surface area contributed by atoms with Crippen molar-refractivity contribution in [2.24, 2.45) is 5.92 Å². The summed E-state index contributed by atoms with van der Waals surface area (Å²) in [6.07, 6.45) is 3.84. The number of thiazole rings is 1. The zero-order chi connectivity index (χ0) is 25.7. The summed E-state index contributed by atoms with van der Waals surface area (Å²) < 4.78 is 29.5. The van der Waals surface area contributed by atoms with Crippen LogP contribution in [0.15, 0.2) is 5.38 Å². The van der Waals surface area contributed by atoms with Crippen LogP contribution in [0.3, 0.4) is 0 Å². The lowest BCUT2D eigenvalue weighted by molar-refractivity contribution is -0.144. The van der Waals surface area contributed by atoms with Crippen molar-refractivity contribution in [3.8, 4) is 0 Å². The third kappa shape index (κ3) is 10.4. The van der Waals surface area contributed by atoms with Gasteiger partial charge in [-0.25, -0.2) is 14.6 Å². The Kier molecular flexibility index (Phi) is 13.9. The summed E-state index contributed by atoms with van der Waals surface area (Å²) in [6, 6.07) is -1.11. The van der Waals surface area contributed by atoms with Gasteiger partial charge in [-0.1, -0.05) is 47.5 Å². The van der Waals surface area contributed by atoms with Crippen molar-refractivity contribution >= 4 is 30.9 Å². The molecule has 1 N–H and O–H groups in total. The van der Waals surface area contributed by atoms with Gasteiger partial charge in [0.2, 0.25) is 0 Å². The van der Waals surface area contributed by atoms with Gasteiger partial charge in [0.15, 0.2) is 0 Å². The highest BCUT2D eigenvalue weighted by Gasteiger charge is 2.30. The molecule has 1 unspecified atom stereocenters. The van der Waals surface area contributed by atoms with Gasteiger partial charge in [-0.2, -0.15) is 0 Å². The van der Waals surface area contributed by atoms with E-state index in [2.05, 4.69) is 24.1 Å². The van der Waals surface area contributed by atoms with E-state index in [1.807, 2.05) is 26.2 Å². The predicted molar refractivity (Wildman–Crippen MR) is 135 cm³/mol. The van der Waals surface area contributed by atoms with Crippen molar-refractivity contribution in [2.75, 3.05) is 33.5 Å². The number of carbonyl (C=O) groups excluding carboxylic acids is 2.